The summed E-state index contributed by atoms with van der Waals surface area (Å²) in [6.07, 6.45) is 1.32. The lowest BCUT2D eigenvalue weighted by Gasteiger charge is -2.20. The van der Waals surface area contributed by atoms with Gasteiger partial charge >= 0.3 is 11.9 Å². The van der Waals surface area contributed by atoms with Crippen LogP contribution in [0, 0.1) is 0 Å². The Morgan fingerprint density at radius 1 is 1.29 bits per heavy atom. The van der Waals surface area contributed by atoms with Gasteiger partial charge in [-0.3, -0.25) is 9.78 Å². The van der Waals surface area contributed by atoms with E-state index in [1.54, 1.807) is 31.0 Å². The Balaban J connectivity index is 2.44. The number of carbonyl (C=O) groups is 2. The fourth-order valence-electron chi connectivity index (χ4n) is 2.22. The van der Waals surface area contributed by atoms with Crippen LogP contribution in [-0.4, -0.2) is 42.2 Å². The second-order valence-electron chi connectivity index (χ2n) is 5.07. The summed E-state index contributed by atoms with van der Waals surface area (Å²) >= 11 is 12.7. The minimum Gasteiger partial charge on any atom is -0.481 e. The average Bonchev–Trinajstić information content (AvgIpc) is 2.53. The number of carboxylic acid groups (broad SMARTS) is 1. The molecule has 1 N–H and O–H groups in total. The summed E-state index contributed by atoms with van der Waals surface area (Å²) in [5.74, 6) is -1.44. The summed E-state index contributed by atoms with van der Waals surface area (Å²) in [6, 6.07) is 3.42. The number of benzene rings is 1. The number of carbonyl (C=O) groups excluding carboxylic acids is 1. The smallest absolute Gasteiger partial charge is 0.341 e. The van der Waals surface area contributed by atoms with E-state index >= 15 is 0 Å². The van der Waals surface area contributed by atoms with Crippen molar-refractivity contribution in [1.82, 2.24) is 4.98 Å². The highest BCUT2D eigenvalue weighted by Gasteiger charge is 2.18. The van der Waals surface area contributed by atoms with Crippen LogP contribution >= 0.6 is 23.2 Å². The Bertz CT molecular complexity index is 795. The van der Waals surface area contributed by atoms with E-state index in [0.717, 1.165) is 0 Å². The predicted molar refractivity (Wildman–Crippen MR) is 93.2 cm³/mol. The summed E-state index contributed by atoms with van der Waals surface area (Å²) in [7, 11) is 1.74. The lowest BCUT2D eigenvalue weighted by Crippen LogP contribution is -2.21. The van der Waals surface area contributed by atoms with E-state index in [-0.39, 0.29) is 23.6 Å². The van der Waals surface area contributed by atoms with Crippen molar-refractivity contribution in [2.24, 2.45) is 0 Å². The van der Waals surface area contributed by atoms with Crippen molar-refractivity contribution in [1.29, 1.82) is 0 Å². The molecule has 0 radical (unpaired) electrons. The number of nitrogens with zero attached hydrogens (tertiary/aromatic N) is 2. The minimum atomic E-state index is -0.890. The van der Waals surface area contributed by atoms with Crippen LogP contribution in [0.15, 0.2) is 18.3 Å². The summed E-state index contributed by atoms with van der Waals surface area (Å²) in [5, 5.41) is 9.88. The number of pyridine rings is 1. The highest BCUT2D eigenvalue weighted by atomic mass is 35.5. The first kappa shape index (κ1) is 18.3. The Morgan fingerprint density at radius 3 is 2.62 bits per heavy atom. The second kappa shape index (κ2) is 7.68. The maximum Gasteiger partial charge on any atom is 0.341 e. The number of anilines is 1. The van der Waals surface area contributed by atoms with Gasteiger partial charge in [0.25, 0.3) is 0 Å². The quantitative estimate of drug-likeness (QED) is 0.782. The molecule has 0 amide bonds. The van der Waals surface area contributed by atoms with E-state index < -0.39 is 11.9 Å². The maximum absolute atomic E-state index is 11.9. The Morgan fingerprint density at radius 2 is 2.00 bits per heavy atom. The van der Waals surface area contributed by atoms with Crippen molar-refractivity contribution in [2.75, 3.05) is 25.1 Å². The van der Waals surface area contributed by atoms with E-state index in [1.807, 2.05) is 0 Å². The van der Waals surface area contributed by atoms with Crippen LogP contribution in [-0.2, 0) is 9.53 Å². The first-order valence-corrected chi connectivity index (χ1v) is 7.99. The van der Waals surface area contributed by atoms with Gasteiger partial charge in [-0.15, -0.1) is 0 Å². The molecular formula is C16H16Cl2N2O4. The average molecular weight is 371 g/mol. The number of hydrogen-bond acceptors (Lipinski definition) is 5. The Kier molecular flexibility index (Phi) is 5.85. The molecule has 0 aliphatic carbocycles. The molecule has 0 atom stereocenters. The SMILES string of the molecule is CCOC(=O)c1cnc2c(Cl)c(N(C)CCC(=O)O)ccc2c1Cl. The fraction of sp³-hybridized carbons (Fsp3) is 0.312. The molecule has 2 aromatic rings. The lowest BCUT2D eigenvalue weighted by molar-refractivity contribution is -0.136. The van der Waals surface area contributed by atoms with Crippen LogP contribution < -0.4 is 4.90 Å². The first-order valence-electron chi connectivity index (χ1n) is 7.23. The van der Waals surface area contributed by atoms with Crippen LogP contribution in [0.3, 0.4) is 0 Å². The molecule has 128 valence electrons. The predicted octanol–water partition coefficient (Wildman–Crippen LogP) is 3.63. The van der Waals surface area contributed by atoms with Gasteiger partial charge in [0.15, 0.2) is 0 Å². The van der Waals surface area contributed by atoms with Gasteiger partial charge in [0, 0.05) is 25.2 Å². The van der Waals surface area contributed by atoms with Gasteiger partial charge in [0.2, 0.25) is 0 Å². The third kappa shape index (κ3) is 3.71. The molecule has 6 nitrogen and oxygen atoms in total. The zero-order valence-corrected chi connectivity index (χ0v) is 14.7. The standard InChI is InChI=1S/C16H16Cl2N2O4/c1-3-24-16(23)10-8-19-15-9(13(10)17)4-5-11(14(15)18)20(2)7-6-12(21)22/h4-5,8H,3,6-7H2,1-2H3,(H,21,22). The van der Waals surface area contributed by atoms with Gasteiger partial charge in [0.1, 0.15) is 0 Å². The normalized spacial score (nSPS) is 10.7. The summed E-state index contributed by atoms with van der Waals surface area (Å²) in [6.45, 7) is 2.24. The molecule has 0 aliphatic heterocycles. The van der Waals surface area contributed by atoms with Crippen molar-refractivity contribution in [3.63, 3.8) is 0 Å². The van der Waals surface area contributed by atoms with E-state index in [0.29, 0.717) is 28.2 Å². The van der Waals surface area contributed by atoms with E-state index in [9.17, 15) is 9.59 Å². The van der Waals surface area contributed by atoms with E-state index in [4.69, 9.17) is 33.0 Å². The second-order valence-corrected chi connectivity index (χ2v) is 5.82. The van der Waals surface area contributed by atoms with Gasteiger partial charge in [-0.05, 0) is 19.1 Å². The zero-order valence-electron chi connectivity index (χ0n) is 13.2. The molecule has 1 aromatic heterocycles. The number of carboxylic acids is 1. The number of aliphatic carboxylic acids is 1. The van der Waals surface area contributed by atoms with Gasteiger partial charge < -0.3 is 14.7 Å². The minimum absolute atomic E-state index is 0.0130. The van der Waals surface area contributed by atoms with E-state index in [2.05, 4.69) is 4.98 Å². The number of ether oxygens (including phenoxy) is 1. The van der Waals surface area contributed by atoms with Crippen molar-refractivity contribution in [3.8, 4) is 0 Å². The Hall–Kier alpha value is -2.05. The molecular weight excluding hydrogens is 355 g/mol. The van der Waals surface area contributed by atoms with Crippen LogP contribution in [0.25, 0.3) is 10.9 Å². The summed E-state index contributed by atoms with van der Waals surface area (Å²) in [4.78, 5) is 28.5. The third-order valence-electron chi connectivity index (χ3n) is 3.46. The van der Waals surface area contributed by atoms with Crippen molar-refractivity contribution >= 4 is 51.7 Å². The molecule has 0 unspecified atom stereocenters. The molecule has 24 heavy (non-hydrogen) atoms. The van der Waals surface area contributed by atoms with Crippen LogP contribution in [0.4, 0.5) is 5.69 Å². The largest absolute Gasteiger partial charge is 0.481 e. The molecule has 8 heteroatoms. The van der Waals surface area contributed by atoms with E-state index in [1.165, 1.54) is 6.20 Å². The number of halogens is 2. The highest BCUT2D eigenvalue weighted by Crippen LogP contribution is 2.36. The maximum atomic E-state index is 11.9. The van der Waals surface area contributed by atoms with Gasteiger partial charge in [-0.2, -0.15) is 0 Å². The third-order valence-corrected chi connectivity index (χ3v) is 4.24. The lowest BCUT2D eigenvalue weighted by atomic mass is 10.1. The first-order chi connectivity index (χ1) is 11.4. The van der Waals surface area contributed by atoms with Crippen LogP contribution in [0.2, 0.25) is 10.0 Å². The van der Waals surface area contributed by atoms with Crippen LogP contribution in [0.1, 0.15) is 23.7 Å². The molecule has 1 aromatic carbocycles. The zero-order chi connectivity index (χ0) is 17.9. The molecule has 0 bridgehead atoms. The molecule has 0 aliphatic rings. The number of fused-ring (bicyclic) bond motifs is 1. The number of esters is 1. The molecule has 2 rings (SSSR count). The van der Waals surface area contributed by atoms with Crippen molar-refractivity contribution < 1.29 is 19.4 Å². The molecule has 0 fully saturated rings. The van der Waals surface area contributed by atoms with Crippen molar-refractivity contribution in [3.05, 3.63) is 33.9 Å². The Labute approximate surface area is 148 Å². The molecule has 0 spiro atoms. The fourth-order valence-corrected chi connectivity index (χ4v) is 2.85. The van der Waals surface area contributed by atoms with Crippen LogP contribution in [0.5, 0.6) is 0 Å². The van der Waals surface area contributed by atoms with Gasteiger partial charge in [-0.25, -0.2) is 4.79 Å². The number of aromatic nitrogens is 1. The van der Waals surface area contributed by atoms with Crippen molar-refractivity contribution in [2.45, 2.75) is 13.3 Å². The topological polar surface area (TPSA) is 79.7 Å². The monoisotopic (exact) mass is 370 g/mol. The highest BCUT2D eigenvalue weighted by molar-refractivity contribution is 6.42. The number of hydrogen-bond donors (Lipinski definition) is 1. The van der Waals surface area contributed by atoms with Gasteiger partial charge in [0.05, 0.1) is 39.8 Å². The molecule has 1 heterocycles. The molecule has 0 saturated carbocycles. The molecule has 0 saturated heterocycles. The summed E-state index contributed by atoms with van der Waals surface area (Å²) in [5.41, 5.74) is 1.25. The number of rotatable bonds is 6. The summed E-state index contributed by atoms with van der Waals surface area (Å²) < 4.78 is 4.94. The van der Waals surface area contributed by atoms with Gasteiger partial charge in [-0.1, -0.05) is 23.2 Å².